The molecule has 8 nitrogen and oxygen atoms in total. The zero-order valence-electron chi connectivity index (χ0n) is 16.7. The van der Waals surface area contributed by atoms with Gasteiger partial charge in [0, 0.05) is 12.6 Å². The number of benzene rings is 1. The minimum absolute atomic E-state index is 0. The van der Waals surface area contributed by atoms with E-state index in [9.17, 15) is 9.59 Å². The first kappa shape index (κ1) is 24.0. The maximum Gasteiger partial charge on any atom is 0.407 e. The number of hydrogen-bond acceptors (Lipinski definition) is 6. The zero-order chi connectivity index (χ0) is 20.6. The molecule has 0 saturated carbocycles. The van der Waals surface area contributed by atoms with E-state index in [4.69, 9.17) is 14.2 Å². The lowest BCUT2D eigenvalue weighted by molar-refractivity contribution is 0.0512. The fourth-order valence-corrected chi connectivity index (χ4v) is 2.31. The van der Waals surface area contributed by atoms with E-state index >= 15 is 0 Å². The number of nitrogens with one attached hydrogen (secondary N) is 1. The van der Waals surface area contributed by atoms with E-state index in [0.717, 1.165) is 5.56 Å². The number of nitrogens with zero attached hydrogens (tertiary/aromatic N) is 2. The number of carbonyl (C=O) groups is 2. The minimum Gasteiger partial charge on any atom is -0.472 e. The van der Waals surface area contributed by atoms with E-state index in [-0.39, 0.29) is 32.8 Å². The van der Waals surface area contributed by atoms with E-state index in [2.05, 4.69) is 10.4 Å². The number of carbonyl (C=O) groups excluding carboxylic acids is 2. The second kappa shape index (κ2) is 11.1. The van der Waals surface area contributed by atoms with E-state index in [1.165, 1.54) is 10.7 Å². The summed E-state index contributed by atoms with van der Waals surface area (Å²) in [6.45, 7) is 8.18. The van der Waals surface area contributed by atoms with Crippen molar-refractivity contribution in [1.82, 2.24) is 15.1 Å². The fourth-order valence-electron chi connectivity index (χ4n) is 2.31. The first-order chi connectivity index (χ1) is 13.3. The van der Waals surface area contributed by atoms with E-state index in [1.54, 1.807) is 27.7 Å². The van der Waals surface area contributed by atoms with Gasteiger partial charge in [-0.05, 0) is 33.3 Å². The minimum atomic E-state index is -0.579. The Hall–Kier alpha value is -3.03. The molecule has 0 aliphatic carbocycles. The van der Waals surface area contributed by atoms with Crippen LogP contribution in [0.1, 0.15) is 51.2 Å². The highest BCUT2D eigenvalue weighted by Crippen LogP contribution is 2.15. The van der Waals surface area contributed by atoms with Gasteiger partial charge in [-0.25, -0.2) is 9.59 Å². The molecule has 2 aromatic rings. The first-order valence-electron chi connectivity index (χ1n) is 9.17. The third-order valence-electron chi connectivity index (χ3n) is 3.46. The third-order valence-corrected chi connectivity index (χ3v) is 3.46. The molecule has 0 radical (unpaired) electrons. The van der Waals surface area contributed by atoms with Gasteiger partial charge >= 0.3 is 12.1 Å². The molecular formula is C21H31N3O5. The van der Waals surface area contributed by atoms with Crippen LogP contribution in [0.5, 0.6) is 5.88 Å². The number of ether oxygens (including phenoxy) is 3. The molecule has 1 aromatic carbocycles. The SMILES string of the molecule is C.CCOC(=O)c1cc(OCc2ccccc2)nn1CCNC(=O)OC(C)(C)C. The molecule has 0 aliphatic heterocycles. The third kappa shape index (κ3) is 8.25. The smallest absolute Gasteiger partial charge is 0.407 e. The quantitative estimate of drug-likeness (QED) is 0.672. The van der Waals surface area contributed by atoms with Crippen molar-refractivity contribution < 1.29 is 23.8 Å². The standard InChI is InChI=1S/C20H27N3O5.CH4/c1-5-26-18(24)16-13-17(27-14-15-9-7-6-8-10-15)22-23(16)12-11-21-19(25)28-20(2,3)4;/h6-10,13H,5,11-12,14H2,1-4H3,(H,21,25);1H4. The normalized spacial score (nSPS) is 10.6. The van der Waals surface area contributed by atoms with Crippen molar-refractivity contribution in [3.8, 4) is 5.88 Å². The second-order valence-electron chi connectivity index (χ2n) is 7.01. The van der Waals surface area contributed by atoms with Crippen molar-refractivity contribution >= 4 is 12.1 Å². The van der Waals surface area contributed by atoms with Crippen molar-refractivity contribution in [3.05, 3.63) is 47.7 Å². The summed E-state index contributed by atoms with van der Waals surface area (Å²) in [5.41, 5.74) is 0.668. The molecule has 29 heavy (non-hydrogen) atoms. The van der Waals surface area contributed by atoms with Crippen LogP contribution in [-0.2, 0) is 22.6 Å². The molecule has 1 N–H and O–H groups in total. The predicted octanol–water partition coefficient (Wildman–Crippen LogP) is 3.80. The molecule has 0 bridgehead atoms. The van der Waals surface area contributed by atoms with Gasteiger partial charge in [-0.2, -0.15) is 0 Å². The second-order valence-corrected chi connectivity index (χ2v) is 7.01. The average molecular weight is 405 g/mol. The molecule has 2 rings (SSSR count). The summed E-state index contributed by atoms with van der Waals surface area (Å²) in [6, 6.07) is 11.2. The zero-order valence-corrected chi connectivity index (χ0v) is 16.7. The molecule has 8 heteroatoms. The Bertz CT molecular complexity index is 781. The maximum absolute atomic E-state index is 12.2. The molecule has 0 saturated heterocycles. The molecule has 1 heterocycles. The summed E-state index contributed by atoms with van der Waals surface area (Å²) in [6.07, 6.45) is -0.530. The van der Waals surface area contributed by atoms with Gasteiger partial charge in [0.05, 0.1) is 13.2 Å². The first-order valence-corrected chi connectivity index (χ1v) is 9.17. The number of hydrogen-bond donors (Lipinski definition) is 1. The topological polar surface area (TPSA) is 91.7 Å². The lowest BCUT2D eigenvalue weighted by Crippen LogP contribution is -2.34. The number of rotatable bonds is 8. The van der Waals surface area contributed by atoms with Gasteiger partial charge in [0.1, 0.15) is 17.9 Å². The van der Waals surface area contributed by atoms with Crippen LogP contribution in [0.25, 0.3) is 0 Å². The van der Waals surface area contributed by atoms with Gasteiger partial charge in [0.25, 0.3) is 0 Å². The Morgan fingerprint density at radius 2 is 1.86 bits per heavy atom. The van der Waals surface area contributed by atoms with Crippen molar-refractivity contribution in [2.75, 3.05) is 13.2 Å². The molecule has 160 valence electrons. The van der Waals surface area contributed by atoms with Crippen LogP contribution < -0.4 is 10.1 Å². The van der Waals surface area contributed by atoms with Crippen LogP contribution in [0.15, 0.2) is 36.4 Å². The molecule has 0 spiro atoms. The van der Waals surface area contributed by atoms with Gasteiger partial charge in [-0.3, -0.25) is 4.68 Å². The van der Waals surface area contributed by atoms with Gasteiger partial charge in [-0.1, -0.05) is 37.8 Å². The summed E-state index contributed by atoms with van der Waals surface area (Å²) in [7, 11) is 0. The number of alkyl carbamates (subject to hydrolysis) is 1. The van der Waals surface area contributed by atoms with Crippen molar-refractivity contribution in [1.29, 1.82) is 0 Å². The summed E-state index contributed by atoms with van der Waals surface area (Å²) in [5, 5.41) is 6.94. The van der Waals surface area contributed by atoms with Crippen LogP contribution in [0.2, 0.25) is 0 Å². The molecule has 1 aromatic heterocycles. The summed E-state index contributed by atoms with van der Waals surface area (Å²) >= 11 is 0. The Morgan fingerprint density at radius 1 is 1.17 bits per heavy atom. The number of aromatic nitrogens is 2. The fraction of sp³-hybridized carbons (Fsp3) is 0.476. The maximum atomic E-state index is 12.2. The van der Waals surface area contributed by atoms with E-state index in [0.29, 0.717) is 12.5 Å². The van der Waals surface area contributed by atoms with Gasteiger partial charge in [-0.15, -0.1) is 5.10 Å². The predicted molar refractivity (Wildman–Crippen MR) is 110 cm³/mol. The highest BCUT2D eigenvalue weighted by atomic mass is 16.6. The van der Waals surface area contributed by atoms with Crippen LogP contribution in [0.3, 0.4) is 0 Å². The Kier molecular flexibility index (Phi) is 9.18. The van der Waals surface area contributed by atoms with Crippen LogP contribution in [0, 0.1) is 0 Å². The Labute approximate surface area is 172 Å². The van der Waals surface area contributed by atoms with Crippen molar-refractivity contribution in [2.45, 2.75) is 53.9 Å². The van der Waals surface area contributed by atoms with Gasteiger partial charge < -0.3 is 19.5 Å². The van der Waals surface area contributed by atoms with Gasteiger partial charge in [0.2, 0.25) is 5.88 Å². The molecule has 0 atom stereocenters. The summed E-state index contributed by atoms with van der Waals surface area (Å²) < 4.78 is 17.4. The lowest BCUT2D eigenvalue weighted by atomic mass is 10.2. The van der Waals surface area contributed by atoms with Crippen molar-refractivity contribution in [2.24, 2.45) is 0 Å². The Balaban J connectivity index is 0.00000420. The number of esters is 1. The number of amides is 1. The van der Waals surface area contributed by atoms with E-state index in [1.807, 2.05) is 30.3 Å². The van der Waals surface area contributed by atoms with E-state index < -0.39 is 17.7 Å². The highest BCUT2D eigenvalue weighted by molar-refractivity contribution is 5.87. The molecule has 0 unspecified atom stereocenters. The Morgan fingerprint density at radius 3 is 2.48 bits per heavy atom. The van der Waals surface area contributed by atoms with Gasteiger partial charge in [0.15, 0.2) is 0 Å². The molecule has 0 aliphatic rings. The molecular weight excluding hydrogens is 374 g/mol. The monoisotopic (exact) mass is 405 g/mol. The summed E-state index contributed by atoms with van der Waals surface area (Å²) in [5.74, 6) is -0.189. The molecule has 0 fully saturated rings. The molecule has 1 amide bonds. The summed E-state index contributed by atoms with van der Waals surface area (Å²) in [4.78, 5) is 23.9. The van der Waals surface area contributed by atoms with Crippen LogP contribution >= 0.6 is 0 Å². The lowest BCUT2D eigenvalue weighted by Gasteiger charge is -2.19. The largest absolute Gasteiger partial charge is 0.472 e. The van der Waals surface area contributed by atoms with Crippen LogP contribution in [-0.4, -0.2) is 40.6 Å². The average Bonchev–Trinajstić information content (AvgIpc) is 3.03. The van der Waals surface area contributed by atoms with Crippen molar-refractivity contribution in [3.63, 3.8) is 0 Å². The van der Waals surface area contributed by atoms with Crippen LogP contribution in [0.4, 0.5) is 4.79 Å². The highest BCUT2D eigenvalue weighted by Gasteiger charge is 2.19.